The molecule has 0 radical (unpaired) electrons. The summed E-state index contributed by atoms with van der Waals surface area (Å²) in [6.07, 6.45) is 0. The van der Waals surface area contributed by atoms with Crippen LogP contribution in [0.5, 0.6) is 11.9 Å². The molecule has 0 unspecified atom stereocenters. The van der Waals surface area contributed by atoms with Crippen LogP contribution in [0.15, 0.2) is 57.4 Å². The van der Waals surface area contributed by atoms with E-state index in [1.54, 1.807) is 36.4 Å². The summed E-state index contributed by atoms with van der Waals surface area (Å²) in [5, 5.41) is 37.4. The molecular weight excluding hydrogens is 598 g/mol. The summed E-state index contributed by atoms with van der Waals surface area (Å²) < 4.78 is 9.90. The number of aryl methyl sites for hydroxylation is 2. The molecule has 0 bridgehead atoms. The minimum absolute atomic E-state index is 0.348. The molecule has 2 N–H and O–H groups in total. The summed E-state index contributed by atoms with van der Waals surface area (Å²) in [5.41, 5.74) is 3.53. The fourth-order valence-electron chi connectivity index (χ4n) is 2.65. The monoisotopic (exact) mass is 613 g/mol. The van der Waals surface area contributed by atoms with E-state index in [1.807, 2.05) is 13.8 Å². The molecule has 4 aliphatic rings. The predicted molar refractivity (Wildman–Crippen MR) is 102 cm³/mol. The van der Waals surface area contributed by atoms with Crippen molar-refractivity contribution < 1.29 is 35.5 Å². The van der Waals surface area contributed by atoms with Gasteiger partial charge in [-0.25, -0.2) is 0 Å². The van der Waals surface area contributed by atoms with Crippen molar-refractivity contribution >= 4 is 18.8 Å². The van der Waals surface area contributed by atoms with E-state index in [4.69, 9.17) is 38.5 Å². The van der Waals surface area contributed by atoms with Crippen LogP contribution in [0, 0.1) is 24.7 Å². The van der Waals surface area contributed by atoms with Gasteiger partial charge in [0.05, 0.1) is 22.6 Å². The van der Waals surface area contributed by atoms with E-state index in [-0.39, 0.29) is 11.9 Å². The third-order valence-corrected chi connectivity index (χ3v) is 3.90. The van der Waals surface area contributed by atoms with E-state index < -0.39 is 16.5 Å². The maximum atomic E-state index is 11.0. The van der Waals surface area contributed by atoms with Crippen molar-refractivity contribution in [2.24, 2.45) is 0 Å². The van der Waals surface area contributed by atoms with Gasteiger partial charge in [-0.1, -0.05) is 12.1 Å². The number of hydrogen-bond acceptors (Lipinski definition) is 6. The van der Waals surface area contributed by atoms with Crippen molar-refractivity contribution in [2.75, 3.05) is 0 Å². The van der Waals surface area contributed by atoms with Crippen LogP contribution in [0.1, 0.15) is 11.1 Å². The molecule has 0 fully saturated rings. The van der Waals surface area contributed by atoms with Gasteiger partial charge in [-0.3, -0.25) is 0 Å². The quantitative estimate of drug-likeness (QED) is 0.313. The van der Waals surface area contributed by atoms with E-state index in [0.717, 1.165) is 22.3 Å². The van der Waals surface area contributed by atoms with Crippen LogP contribution < -0.4 is 20.9 Å². The van der Waals surface area contributed by atoms with Crippen molar-refractivity contribution in [3.8, 4) is 34.5 Å². The van der Waals surface area contributed by atoms with Crippen molar-refractivity contribution in [3.63, 3.8) is 0 Å². The van der Waals surface area contributed by atoms with Gasteiger partial charge in [0, 0.05) is 11.5 Å². The van der Waals surface area contributed by atoms with E-state index in [2.05, 4.69) is 0 Å². The Morgan fingerprint density at radius 1 is 0.724 bits per heavy atom. The minimum atomic E-state index is -0.472. The molecule has 0 saturated heterocycles. The Labute approximate surface area is 183 Å². The number of benzene rings is 2. The first-order valence-electron chi connectivity index (χ1n) is 8.09. The Morgan fingerprint density at radius 3 is 1.41 bits per heavy atom. The van der Waals surface area contributed by atoms with Gasteiger partial charge in [0.25, 0.3) is 0 Å². The van der Waals surface area contributed by atoms with E-state index in [0.29, 0.717) is 22.2 Å². The molecule has 154 valence electrons. The van der Waals surface area contributed by atoms with Gasteiger partial charge in [0.15, 0.2) is 0 Å². The van der Waals surface area contributed by atoms with Crippen molar-refractivity contribution in [2.45, 2.75) is 13.8 Å². The maximum absolute atomic E-state index is 11.0. The fourth-order valence-corrected chi connectivity index (χ4v) is 2.65. The second-order valence-corrected chi connectivity index (χ2v) is 9.25. The first kappa shape index (κ1) is 23.0. The summed E-state index contributed by atoms with van der Waals surface area (Å²) in [6.45, 7) is 3.70. The number of halogens is 2. The average molecular weight is 614 g/mol. The Morgan fingerprint density at radius 2 is 1.07 bits per heavy atom. The second-order valence-electron chi connectivity index (χ2n) is 5.96. The van der Waals surface area contributed by atoms with Crippen LogP contribution in [0.25, 0.3) is 22.6 Å². The standard InChI is InChI=1S/2C10H9NO2.2ClH.Pt/c2*1-6-4-10(12)13-9-5-7(11)2-3-8(6)9;;;/h2*2-5,11-12H,1H3;2*1H;/q;;;;+4/p-4. The van der Waals surface area contributed by atoms with E-state index in [9.17, 15) is 10.2 Å². The summed E-state index contributed by atoms with van der Waals surface area (Å²) in [7, 11) is 9.75. The average Bonchev–Trinajstić information content (AvgIpc) is 2.61. The zero-order valence-corrected chi connectivity index (χ0v) is 19.1. The zero-order chi connectivity index (χ0) is 21.6. The third-order valence-electron chi connectivity index (χ3n) is 3.90. The van der Waals surface area contributed by atoms with E-state index >= 15 is 0 Å². The van der Waals surface area contributed by atoms with Gasteiger partial charge >= 0.3 is 35.3 Å². The predicted octanol–water partition coefficient (Wildman–Crippen LogP) is 3.87. The van der Waals surface area contributed by atoms with Gasteiger partial charge in [-0.2, -0.15) is 0 Å². The number of hydrogen-bond donors (Lipinski definition) is 2. The molecule has 2 aliphatic carbocycles. The van der Waals surface area contributed by atoms with Crippen LogP contribution >= 0.6 is 18.8 Å². The molecule has 0 saturated carbocycles. The fraction of sp³-hybridized carbons (Fsp3) is 0.100. The van der Waals surface area contributed by atoms with Crippen molar-refractivity contribution in [3.05, 3.63) is 70.4 Å². The van der Waals surface area contributed by atoms with Crippen molar-refractivity contribution in [1.82, 2.24) is 0 Å². The van der Waals surface area contributed by atoms with Gasteiger partial charge in [0.2, 0.25) is 0 Å². The van der Waals surface area contributed by atoms with Crippen LogP contribution in [0.4, 0.5) is 0 Å². The molecule has 0 amide bonds. The van der Waals surface area contributed by atoms with Crippen LogP contribution in [-0.4, -0.2) is 0 Å². The first-order valence-corrected chi connectivity index (χ1v) is 13.7. The summed E-state index contributed by atoms with van der Waals surface area (Å²) in [6, 6.07) is 12.9. The SMILES string of the molecule is Cc1cc([O-])oc2cc(=N)ccc1-2.Cc1cc([O-])oc2cc(=N)ccc1-2.[Cl][Pt+2][Cl]. The Hall–Kier alpha value is -2.27. The van der Waals surface area contributed by atoms with E-state index in [1.165, 1.54) is 12.1 Å². The topological polar surface area (TPSA) is 120 Å². The molecule has 0 aromatic rings. The molecule has 2 heterocycles. The first-order chi connectivity index (χ1) is 13.7. The molecule has 2 aliphatic heterocycles. The Kier molecular flexibility index (Phi) is 8.32. The molecule has 0 aromatic heterocycles. The summed E-state index contributed by atoms with van der Waals surface area (Å²) >= 11 is -0.472. The number of fused-ring (bicyclic) bond motifs is 2. The summed E-state index contributed by atoms with van der Waals surface area (Å²) in [4.78, 5) is 0. The Balaban J connectivity index is 0.000000183. The normalized spacial score (nSPS) is 10.2. The third kappa shape index (κ3) is 6.36. The number of rotatable bonds is 0. The van der Waals surface area contributed by atoms with Gasteiger partial charge < -0.3 is 29.9 Å². The molecule has 0 spiro atoms. The molecule has 9 heteroatoms. The van der Waals surface area contributed by atoms with Crippen molar-refractivity contribution in [1.29, 1.82) is 10.8 Å². The second kappa shape index (κ2) is 10.5. The van der Waals surface area contributed by atoms with Gasteiger partial charge in [0.1, 0.15) is 0 Å². The molecule has 4 rings (SSSR count). The van der Waals surface area contributed by atoms with Crippen LogP contribution in [0.3, 0.4) is 0 Å². The van der Waals surface area contributed by atoms with Crippen LogP contribution in [0.2, 0.25) is 0 Å². The summed E-state index contributed by atoms with van der Waals surface area (Å²) in [5.74, 6) is 0.237. The molecule has 0 atom stereocenters. The number of nitrogens with one attached hydrogen (secondary N) is 2. The zero-order valence-electron chi connectivity index (χ0n) is 15.3. The van der Waals surface area contributed by atoms with Gasteiger partial charge in [-0.15, -0.1) is 0 Å². The molecule has 29 heavy (non-hydrogen) atoms. The van der Waals surface area contributed by atoms with Crippen LogP contribution in [-0.2, 0) is 16.5 Å². The van der Waals surface area contributed by atoms with Gasteiger partial charge in [-0.05, 0) is 72.5 Å². The molecular formula is C20H16Cl2N2O4Pt. The molecule has 0 aromatic carbocycles. The molecule has 6 nitrogen and oxygen atoms in total. The Bertz CT molecular complexity index is 1070.